The largest absolute Gasteiger partial charge is 0.459 e. The van der Waals surface area contributed by atoms with Crippen molar-refractivity contribution in [3.63, 3.8) is 0 Å². The molecule has 0 atom stereocenters. The van der Waals surface area contributed by atoms with Gasteiger partial charge in [-0.05, 0) is 74.2 Å². The lowest BCUT2D eigenvalue weighted by Gasteiger charge is -2.44. The molecule has 0 aromatic heterocycles. The lowest BCUT2D eigenvalue weighted by atomic mass is 9.12. The van der Waals surface area contributed by atoms with E-state index in [1.165, 1.54) is 22.3 Å². The zero-order valence-electron chi connectivity index (χ0n) is 41.1. The molecule has 0 unspecified atom stereocenters. The molecule has 9 rings (SSSR count). The number of hydrogen-bond acceptors (Lipinski definition) is 3. The number of carbonyl (C=O) groups is 2. The van der Waals surface area contributed by atoms with Gasteiger partial charge >= 0.3 is 5.97 Å². The molecule has 0 heterocycles. The Hall–Kier alpha value is -8.01. The first-order valence-corrected chi connectivity index (χ1v) is 26.0. The maximum Gasteiger partial charge on any atom is 0.338 e. The highest BCUT2D eigenvalue weighted by Crippen LogP contribution is 2.55. The van der Waals surface area contributed by atoms with Crippen molar-refractivity contribution < 1.29 is 102 Å². The standard InChI is InChI=1S/C33H32O3P.C24BF20/c34-32(26-21-23-27(24-22-26)33(35)36-28-13-5-1-6-14-28)25-37(29-15-7-2-8-16-29,30-17-9-3-10-18-30)31-19-11-4-12-20-31;26-5-1(6(27)14(35)21(42)13(5)34)25(2-7(28)15(36)22(43)16(37)8(2)29,3-9(30)17(38)23(44)18(39)10(3)31)4-11(32)19(40)24(45)20(41)12(4)33/h2-4,7-12,15-24,28H,1,5-6,13-14,25H2;/q+1;-1. The Morgan fingerprint density at radius 1 is 0.341 bits per heavy atom. The first kappa shape index (κ1) is 60.1. The summed E-state index contributed by atoms with van der Waals surface area (Å²) in [5, 5.41) is 3.52. The third kappa shape index (κ3) is 10.2. The van der Waals surface area contributed by atoms with Gasteiger partial charge < -0.3 is 4.74 Å². The topological polar surface area (TPSA) is 43.4 Å². The van der Waals surface area contributed by atoms with E-state index < -0.39 is 152 Å². The lowest BCUT2D eigenvalue weighted by molar-refractivity contribution is 0.0211. The molecule has 0 aliphatic heterocycles. The molecule has 0 saturated heterocycles. The Morgan fingerprint density at radius 3 is 0.854 bits per heavy atom. The van der Waals surface area contributed by atoms with Crippen molar-refractivity contribution in [3.05, 3.63) is 243 Å². The molecule has 0 spiro atoms. The maximum atomic E-state index is 15.4. The molecule has 82 heavy (non-hydrogen) atoms. The van der Waals surface area contributed by atoms with Crippen LogP contribution in [-0.4, -0.2) is 30.2 Å². The van der Waals surface area contributed by atoms with Crippen molar-refractivity contribution in [2.75, 3.05) is 6.16 Å². The van der Waals surface area contributed by atoms with E-state index >= 15 is 35.1 Å². The molecular weight excluding hydrogens is 1150 g/mol. The van der Waals surface area contributed by atoms with Gasteiger partial charge in [0.2, 0.25) is 5.78 Å². The van der Waals surface area contributed by atoms with Gasteiger partial charge in [0, 0.05) is 5.56 Å². The van der Waals surface area contributed by atoms with E-state index in [1.54, 1.807) is 24.3 Å². The predicted molar refractivity (Wildman–Crippen MR) is 262 cm³/mol. The van der Waals surface area contributed by atoms with Gasteiger partial charge in [-0.3, -0.25) is 4.79 Å². The summed E-state index contributed by atoms with van der Waals surface area (Å²) in [6, 6.07) is 38.2. The fourth-order valence-corrected chi connectivity index (χ4v) is 14.2. The summed E-state index contributed by atoms with van der Waals surface area (Å²) in [7, 11) is -2.27. The van der Waals surface area contributed by atoms with Gasteiger partial charge in [-0.2, -0.15) is 0 Å². The Balaban J connectivity index is 0.000000218. The molecular formula is C57H32BF20O3P. The number of ether oxygens (including phenoxy) is 1. The number of ketones is 1. The Kier molecular flexibility index (Phi) is 17.5. The minimum absolute atomic E-state index is 0.00981. The SMILES string of the molecule is Fc1c(F)c(F)c([B-](c2c(F)c(F)c(F)c(F)c2F)(c2c(F)c(F)c(F)c(F)c2F)c2c(F)c(F)c(F)c(F)c2F)c(F)c1F.O=C(C[P+](c1ccccc1)(c1ccccc1)c1ccccc1)c1ccc(C(=O)OC2CCCCC2)cc1. The molecule has 8 aromatic rings. The minimum Gasteiger partial charge on any atom is -0.459 e. The van der Waals surface area contributed by atoms with Crippen LogP contribution in [0.2, 0.25) is 0 Å². The quantitative estimate of drug-likeness (QED) is 0.0233. The first-order valence-electron chi connectivity index (χ1n) is 24.0. The molecule has 0 bridgehead atoms. The van der Waals surface area contributed by atoms with Crippen LogP contribution in [0.4, 0.5) is 87.8 Å². The number of halogens is 20. The summed E-state index contributed by atoms with van der Waals surface area (Å²) in [5.41, 5.74) is -13.2. The molecule has 8 aromatic carbocycles. The third-order valence-electron chi connectivity index (χ3n) is 13.9. The Labute approximate surface area is 451 Å². The average Bonchev–Trinajstić information content (AvgIpc) is 1.71. The number of benzene rings is 8. The lowest BCUT2D eigenvalue weighted by Crippen LogP contribution is -2.81. The van der Waals surface area contributed by atoms with E-state index in [-0.39, 0.29) is 17.9 Å². The molecule has 1 aliphatic carbocycles. The summed E-state index contributed by atoms with van der Waals surface area (Å²) in [5.74, 6) is -71.6. The average molecular weight is 1190 g/mol. The molecule has 1 aliphatic rings. The van der Waals surface area contributed by atoms with Crippen molar-refractivity contribution in [2.45, 2.75) is 38.2 Å². The second-order valence-corrected chi connectivity index (χ2v) is 21.9. The van der Waals surface area contributed by atoms with Gasteiger partial charge in [0.15, 0.2) is 69.8 Å². The Bertz CT molecular complexity index is 3300. The molecule has 0 amide bonds. The van der Waals surface area contributed by atoms with Crippen molar-refractivity contribution in [3.8, 4) is 0 Å². The zero-order valence-corrected chi connectivity index (χ0v) is 42.0. The minimum atomic E-state index is -7.22. The summed E-state index contributed by atoms with van der Waals surface area (Å²) in [4.78, 5) is 26.6. The van der Waals surface area contributed by atoms with Crippen LogP contribution in [0.15, 0.2) is 115 Å². The number of Topliss-reactive ketones (excluding diaryl/α,β-unsaturated/α-hetero) is 1. The first-order chi connectivity index (χ1) is 38.9. The van der Waals surface area contributed by atoms with Crippen LogP contribution in [0.25, 0.3) is 0 Å². The van der Waals surface area contributed by atoms with Crippen LogP contribution < -0.4 is 37.8 Å². The predicted octanol–water partition coefficient (Wildman–Crippen LogP) is 12.2. The zero-order chi connectivity index (χ0) is 59.9. The van der Waals surface area contributed by atoms with Crippen molar-refractivity contribution in [2.24, 2.45) is 0 Å². The molecule has 1 saturated carbocycles. The second kappa shape index (κ2) is 23.8. The summed E-state index contributed by atoms with van der Waals surface area (Å²) in [6.07, 6.45) is -1.53. The van der Waals surface area contributed by atoms with Gasteiger partial charge in [0.1, 0.15) is 88.1 Å². The summed E-state index contributed by atoms with van der Waals surface area (Å²) in [6.45, 7) is 0. The van der Waals surface area contributed by atoms with E-state index in [9.17, 15) is 62.3 Å². The van der Waals surface area contributed by atoms with Gasteiger partial charge in [0.05, 0.1) is 5.56 Å². The fourth-order valence-electron chi connectivity index (χ4n) is 10.1. The van der Waals surface area contributed by atoms with E-state index in [2.05, 4.69) is 36.4 Å². The van der Waals surface area contributed by atoms with Gasteiger partial charge in [-0.15, -0.1) is 21.9 Å². The fraction of sp³-hybridized carbons (Fsp3) is 0.123. The van der Waals surface area contributed by atoms with Gasteiger partial charge in [0.25, 0.3) is 0 Å². The summed E-state index contributed by atoms with van der Waals surface area (Å²) < 4.78 is 300. The highest BCUT2D eigenvalue weighted by Gasteiger charge is 2.53. The van der Waals surface area contributed by atoms with E-state index in [4.69, 9.17) is 4.74 Å². The van der Waals surface area contributed by atoms with Crippen LogP contribution >= 0.6 is 7.26 Å². The highest BCUT2D eigenvalue weighted by molar-refractivity contribution is 7.96. The maximum absolute atomic E-state index is 15.4. The van der Waals surface area contributed by atoms with Crippen LogP contribution in [0.1, 0.15) is 52.8 Å². The third-order valence-corrected chi connectivity index (χ3v) is 18.2. The van der Waals surface area contributed by atoms with Crippen LogP contribution in [0.3, 0.4) is 0 Å². The number of carbonyl (C=O) groups excluding carboxylic acids is 2. The molecule has 1 fully saturated rings. The van der Waals surface area contributed by atoms with E-state index in [0.29, 0.717) is 17.3 Å². The molecule has 25 heteroatoms. The molecule has 426 valence electrons. The van der Waals surface area contributed by atoms with E-state index in [0.717, 1.165) is 25.7 Å². The van der Waals surface area contributed by atoms with Crippen molar-refractivity contribution in [1.82, 2.24) is 0 Å². The molecule has 0 N–H and O–H groups in total. The number of esters is 1. The summed E-state index contributed by atoms with van der Waals surface area (Å²) >= 11 is 0. The second-order valence-electron chi connectivity index (χ2n) is 18.4. The number of rotatable bonds is 12. The van der Waals surface area contributed by atoms with Crippen LogP contribution in [0, 0.1) is 116 Å². The van der Waals surface area contributed by atoms with Gasteiger partial charge in [-0.25, -0.2) is 92.6 Å². The monoisotopic (exact) mass is 1190 g/mol. The van der Waals surface area contributed by atoms with Gasteiger partial charge in [-0.1, -0.05) is 73.2 Å². The number of hydrogen-bond donors (Lipinski definition) is 0. The molecule has 3 nitrogen and oxygen atoms in total. The van der Waals surface area contributed by atoms with E-state index in [1.807, 2.05) is 54.6 Å². The highest BCUT2D eigenvalue weighted by atomic mass is 31.2. The van der Waals surface area contributed by atoms with Crippen molar-refractivity contribution in [1.29, 1.82) is 0 Å². The smallest absolute Gasteiger partial charge is 0.338 e. The van der Waals surface area contributed by atoms with Crippen LogP contribution in [-0.2, 0) is 4.74 Å². The normalized spacial score (nSPS) is 13.0. The van der Waals surface area contributed by atoms with Crippen molar-refractivity contribution >= 4 is 62.9 Å². The van der Waals surface area contributed by atoms with Crippen LogP contribution in [0.5, 0.6) is 0 Å². The molecule has 0 radical (unpaired) electrons. The Morgan fingerprint density at radius 2 is 0.585 bits per heavy atom.